The van der Waals surface area contributed by atoms with E-state index in [0.717, 1.165) is 13.1 Å². The summed E-state index contributed by atoms with van der Waals surface area (Å²) < 4.78 is 0. The molecular weight excluding hydrogens is 180 g/mol. The van der Waals surface area contributed by atoms with Crippen LogP contribution in [0.15, 0.2) is 11.6 Å². The third-order valence-corrected chi connectivity index (χ3v) is 3.04. The molecule has 0 aliphatic carbocycles. The normalized spacial score (nSPS) is 13.1. The zero-order valence-electron chi connectivity index (χ0n) is 8.42. The van der Waals surface area contributed by atoms with Gasteiger partial charge in [0.1, 0.15) is 0 Å². The van der Waals surface area contributed by atoms with Crippen molar-refractivity contribution in [1.82, 2.24) is 10.3 Å². The fraction of sp³-hybridized carbons (Fsp3) is 0.700. The molecule has 13 heavy (non-hydrogen) atoms. The van der Waals surface area contributed by atoms with Gasteiger partial charge >= 0.3 is 0 Å². The first kappa shape index (κ1) is 10.7. The molecule has 1 aromatic heterocycles. The number of rotatable bonds is 6. The molecule has 3 heteroatoms. The number of unbranched alkanes of at least 4 members (excludes halogenated alkanes) is 1. The van der Waals surface area contributed by atoms with E-state index in [0.29, 0.717) is 5.92 Å². The SMILES string of the molecule is CCCCNCC(C)c1nccs1. The van der Waals surface area contributed by atoms with Crippen LogP contribution in [0.2, 0.25) is 0 Å². The van der Waals surface area contributed by atoms with Crippen LogP contribution in [0, 0.1) is 0 Å². The maximum absolute atomic E-state index is 4.29. The monoisotopic (exact) mass is 198 g/mol. The van der Waals surface area contributed by atoms with Gasteiger partial charge in [0.2, 0.25) is 0 Å². The van der Waals surface area contributed by atoms with E-state index in [1.165, 1.54) is 17.8 Å². The average Bonchev–Trinajstić information content (AvgIpc) is 2.65. The van der Waals surface area contributed by atoms with Crippen LogP contribution in [-0.4, -0.2) is 18.1 Å². The third-order valence-electron chi connectivity index (χ3n) is 2.03. The Labute approximate surface area is 84.4 Å². The highest BCUT2D eigenvalue weighted by Crippen LogP contribution is 2.16. The van der Waals surface area contributed by atoms with Crippen molar-refractivity contribution in [2.24, 2.45) is 0 Å². The smallest absolute Gasteiger partial charge is 0.0965 e. The van der Waals surface area contributed by atoms with Gasteiger partial charge < -0.3 is 5.32 Å². The fourth-order valence-corrected chi connectivity index (χ4v) is 1.88. The molecule has 1 atom stereocenters. The van der Waals surface area contributed by atoms with Crippen molar-refractivity contribution in [3.8, 4) is 0 Å². The lowest BCUT2D eigenvalue weighted by Gasteiger charge is -2.08. The fourth-order valence-electron chi connectivity index (χ4n) is 1.19. The van der Waals surface area contributed by atoms with Gasteiger partial charge in [-0.1, -0.05) is 20.3 Å². The van der Waals surface area contributed by atoms with E-state index in [1.54, 1.807) is 11.3 Å². The van der Waals surface area contributed by atoms with E-state index >= 15 is 0 Å². The summed E-state index contributed by atoms with van der Waals surface area (Å²) in [5.74, 6) is 0.553. The minimum Gasteiger partial charge on any atom is -0.316 e. The molecule has 0 saturated heterocycles. The molecule has 1 rings (SSSR count). The van der Waals surface area contributed by atoms with Crippen LogP contribution in [0.4, 0.5) is 0 Å². The largest absolute Gasteiger partial charge is 0.316 e. The van der Waals surface area contributed by atoms with Crippen molar-refractivity contribution < 1.29 is 0 Å². The number of hydrogen-bond acceptors (Lipinski definition) is 3. The second-order valence-electron chi connectivity index (χ2n) is 3.33. The van der Waals surface area contributed by atoms with Crippen molar-refractivity contribution in [3.63, 3.8) is 0 Å². The second kappa shape index (κ2) is 6.11. The lowest BCUT2D eigenvalue weighted by atomic mass is 10.2. The molecule has 0 radical (unpaired) electrons. The molecule has 2 nitrogen and oxygen atoms in total. The van der Waals surface area contributed by atoms with Gasteiger partial charge in [-0.15, -0.1) is 11.3 Å². The summed E-state index contributed by atoms with van der Waals surface area (Å²) in [5, 5.41) is 6.72. The van der Waals surface area contributed by atoms with Crippen LogP contribution in [0.1, 0.15) is 37.6 Å². The zero-order valence-corrected chi connectivity index (χ0v) is 9.23. The molecule has 1 N–H and O–H groups in total. The number of aromatic nitrogens is 1. The van der Waals surface area contributed by atoms with Gasteiger partial charge in [0, 0.05) is 24.0 Å². The Morgan fingerprint density at radius 2 is 2.46 bits per heavy atom. The molecule has 0 aliphatic heterocycles. The third kappa shape index (κ3) is 3.87. The predicted molar refractivity (Wildman–Crippen MR) is 58.3 cm³/mol. The molecule has 74 valence electrons. The summed E-state index contributed by atoms with van der Waals surface area (Å²) in [6.45, 7) is 6.61. The zero-order chi connectivity index (χ0) is 9.52. The molecule has 0 aliphatic rings. The highest BCUT2D eigenvalue weighted by atomic mass is 32.1. The van der Waals surface area contributed by atoms with Crippen molar-refractivity contribution in [2.45, 2.75) is 32.6 Å². The molecule has 0 amide bonds. The van der Waals surface area contributed by atoms with Gasteiger partial charge in [0.15, 0.2) is 0 Å². The van der Waals surface area contributed by atoms with Crippen LogP contribution in [0.3, 0.4) is 0 Å². The number of nitrogens with zero attached hydrogens (tertiary/aromatic N) is 1. The van der Waals surface area contributed by atoms with E-state index in [4.69, 9.17) is 0 Å². The van der Waals surface area contributed by atoms with Crippen molar-refractivity contribution in [2.75, 3.05) is 13.1 Å². The molecule has 1 heterocycles. The quantitative estimate of drug-likeness (QED) is 0.711. The van der Waals surface area contributed by atoms with E-state index in [2.05, 4.69) is 24.1 Å². The minimum absolute atomic E-state index is 0.553. The summed E-state index contributed by atoms with van der Waals surface area (Å²) in [5.41, 5.74) is 0. The molecule has 0 fully saturated rings. The molecule has 1 aromatic rings. The highest BCUT2D eigenvalue weighted by molar-refractivity contribution is 7.09. The number of thiazole rings is 1. The van der Waals surface area contributed by atoms with E-state index in [9.17, 15) is 0 Å². The Balaban J connectivity index is 2.15. The molecule has 0 saturated carbocycles. The summed E-state index contributed by atoms with van der Waals surface area (Å²) >= 11 is 1.74. The molecule has 1 unspecified atom stereocenters. The van der Waals surface area contributed by atoms with Crippen LogP contribution >= 0.6 is 11.3 Å². The predicted octanol–water partition coefficient (Wildman–Crippen LogP) is 2.64. The van der Waals surface area contributed by atoms with E-state index < -0.39 is 0 Å². The topological polar surface area (TPSA) is 24.9 Å². The summed E-state index contributed by atoms with van der Waals surface area (Å²) in [4.78, 5) is 4.29. The van der Waals surface area contributed by atoms with Crippen LogP contribution in [0.25, 0.3) is 0 Å². The maximum Gasteiger partial charge on any atom is 0.0965 e. The van der Waals surface area contributed by atoms with Crippen LogP contribution in [-0.2, 0) is 0 Å². The average molecular weight is 198 g/mol. The van der Waals surface area contributed by atoms with Gasteiger partial charge in [-0.3, -0.25) is 0 Å². The Kier molecular flexibility index (Phi) is 5.01. The first-order chi connectivity index (χ1) is 6.34. The van der Waals surface area contributed by atoms with Crippen molar-refractivity contribution in [1.29, 1.82) is 0 Å². The Morgan fingerprint density at radius 3 is 3.08 bits per heavy atom. The standard InChI is InChI=1S/C10H18N2S/c1-3-4-5-11-8-9(2)10-12-6-7-13-10/h6-7,9,11H,3-5,8H2,1-2H3. The van der Waals surface area contributed by atoms with Gasteiger partial charge in [-0.2, -0.15) is 0 Å². The number of hydrogen-bond donors (Lipinski definition) is 1. The van der Waals surface area contributed by atoms with Gasteiger partial charge in [0.05, 0.1) is 5.01 Å². The summed E-state index contributed by atoms with van der Waals surface area (Å²) in [6, 6.07) is 0. The van der Waals surface area contributed by atoms with Gasteiger partial charge in [-0.25, -0.2) is 4.98 Å². The summed E-state index contributed by atoms with van der Waals surface area (Å²) in [6.07, 6.45) is 4.41. The van der Waals surface area contributed by atoms with Gasteiger partial charge in [-0.05, 0) is 13.0 Å². The summed E-state index contributed by atoms with van der Waals surface area (Å²) in [7, 11) is 0. The molecule has 0 spiro atoms. The number of nitrogens with one attached hydrogen (secondary N) is 1. The molecule has 0 aromatic carbocycles. The van der Waals surface area contributed by atoms with Crippen LogP contribution < -0.4 is 5.32 Å². The van der Waals surface area contributed by atoms with Crippen LogP contribution in [0.5, 0.6) is 0 Å². The van der Waals surface area contributed by atoms with Crippen molar-refractivity contribution in [3.05, 3.63) is 16.6 Å². The lowest BCUT2D eigenvalue weighted by molar-refractivity contribution is 0.590. The second-order valence-corrected chi connectivity index (χ2v) is 4.26. The molecular formula is C10H18N2S. The Hall–Kier alpha value is -0.410. The first-order valence-electron chi connectivity index (χ1n) is 4.94. The van der Waals surface area contributed by atoms with Gasteiger partial charge in [0.25, 0.3) is 0 Å². The van der Waals surface area contributed by atoms with E-state index in [-0.39, 0.29) is 0 Å². The maximum atomic E-state index is 4.29. The minimum atomic E-state index is 0.553. The highest BCUT2D eigenvalue weighted by Gasteiger charge is 2.06. The molecule has 0 bridgehead atoms. The van der Waals surface area contributed by atoms with Crippen molar-refractivity contribution >= 4 is 11.3 Å². The Morgan fingerprint density at radius 1 is 1.62 bits per heavy atom. The Bertz CT molecular complexity index is 209. The van der Waals surface area contributed by atoms with E-state index in [1.807, 2.05) is 11.6 Å². The first-order valence-corrected chi connectivity index (χ1v) is 5.82. The lowest BCUT2D eigenvalue weighted by Crippen LogP contribution is -2.20.